The quantitative estimate of drug-likeness (QED) is 0.799. The lowest BCUT2D eigenvalue weighted by Gasteiger charge is -2.03. The minimum absolute atomic E-state index is 0.255. The molecule has 2 heterocycles. The molecule has 5 nitrogen and oxygen atoms in total. The van der Waals surface area contributed by atoms with Crippen LogP contribution in [0.2, 0.25) is 0 Å². The summed E-state index contributed by atoms with van der Waals surface area (Å²) in [6.07, 6.45) is 3.61. The first-order valence-corrected chi connectivity index (χ1v) is 6.65. The number of nitrogens with zero attached hydrogens (tertiary/aromatic N) is 2. The molecule has 1 amide bonds. The van der Waals surface area contributed by atoms with Gasteiger partial charge in [-0.3, -0.25) is 4.79 Å². The molecule has 3 rings (SSSR count). The van der Waals surface area contributed by atoms with Crippen molar-refractivity contribution in [3.05, 3.63) is 72.2 Å². The molecule has 0 atom stereocenters. The van der Waals surface area contributed by atoms with E-state index in [0.717, 1.165) is 11.5 Å². The van der Waals surface area contributed by atoms with Crippen molar-refractivity contribution >= 4 is 11.6 Å². The second-order valence-electron chi connectivity index (χ2n) is 4.69. The molecule has 0 aliphatic rings. The fourth-order valence-corrected chi connectivity index (χ4v) is 2.04. The van der Waals surface area contributed by atoms with E-state index in [0.29, 0.717) is 18.1 Å². The second-order valence-corrected chi connectivity index (χ2v) is 4.69. The van der Waals surface area contributed by atoms with Gasteiger partial charge in [-0.2, -0.15) is 0 Å². The lowest BCUT2D eigenvalue weighted by molar-refractivity contribution is 0.0995. The summed E-state index contributed by atoms with van der Waals surface area (Å²) >= 11 is 0. The van der Waals surface area contributed by atoms with Crippen LogP contribution < -0.4 is 5.32 Å². The number of carbonyl (C=O) groups is 1. The van der Waals surface area contributed by atoms with Crippen LogP contribution >= 0.6 is 0 Å². The summed E-state index contributed by atoms with van der Waals surface area (Å²) in [6.45, 7) is 2.48. The van der Waals surface area contributed by atoms with Gasteiger partial charge in [0.2, 0.25) is 0 Å². The Bertz CT molecular complexity index is 744. The number of benzene rings is 1. The molecule has 1 N–H and O–H groups in total. The minimum Gasteiger partial charge on any atom is -0.454 e. The van der Waals surface area contributed by atoms with Crippen molar-refractivity contribution in [3.8, 4) is 0 Å². The maximum Gasteiger partial charge on any atom is 0.291 e. The molecule has 0 spiro atoms. The van der Waals surface area contributed by atoms with Crippen LogP contribution in [0, 0.1) is 6.92 Å². The highest BCUT2D eigenvalue weighted by atomic mass is 16.4. The van der Waals surface area contributed by atoms with Crippen LogP contribution in [0.3, 0.4) is 0 Å². The second kappa shape index (κ2) is 5.66. The average Bonchev–Trinajstić information content (AvgIpc) is 3.11. The molecule has 0 radical (unpaired) electrons. The molecule has 0 aliphatic heterocycles. The molecule has 0 saturated heterocycles. The summed E-state index contributed by atoms with van der Waals surface area (Å²) in [5.41, 5.74) is 0.742. The van der Waals surface area contributed by atoms with Gasteiger partial charge in [0.1, 0.15) is 11.6 Å². The Morgan fingerprint density at radius 2 is 2.05 bits per heavy atom. The number of amides is 1. The third kappa shape index (κ3) is 3.02. The fourth-order valence-electron chi connectivity index (χ4n) is 2.04. The van der Waals surface area contributed by atoms with Gasteiger partial charge in [0, 0.05) is 18.1 Å². The predicted octanol–water partition coefficient (Wildman–Crippen LogP) is 3.09. The first-order valence-electron chi connectivity index (χ1n) is 6.65. The number of hydrogen-bond donors (Lipinski definition) is 1. The Labute approximate surface area is 122 Å². The summed E-state index contributed by atoms with van der Waals surface area (Å²) in [6, 6.07) is 12.8. The number of carbonyl (C=O) groups excluding carboxylic acids is 1. The van der Waals surface area contributed by atoms with E-state index in [-0.39, 0.29) is 5.91 Å². The summed E-state index contributed by atoms with van der Waals surface area (Å²) in [5.74, 6) is 1.66. The highest BCUT2D eigenvalue weighted by Crippen LogP contribution is 2.13. The summed E-state index contributed by atoms with van der Waals surface area (Å²) in [5, 5.41) is 2.79. The predicted molar refractivity (Wildman–Crippen MR) is 79.2 cm³/mol. The van der Waals surface area contributed by atoms with Gasteiger partial charge in [-0.05, 0) is 31.2 Å². The van der Waals surface area contributed by atoms with Gasteiger partial charge >= 0.3 is 0 Å². The molecule has 0 bridgehead atoms. The number of aromatic nitrogens is 2. The van der Waals surface area contributed by atoms with Crippen molar-refractivity contribution < 1.29 is 9.21 Å². The third-order valence-electron chi connectivity index (χ3n) is 3.17. The van der Waals surface area contributed by atoms with Crippen molar-refractivity contribution in [3.63, 3.8) is 0 Å². The van der Waals surface area contributed by atoms with Crippen molar-refractivity contribution in [2.24, 2.45) is 0 Å². The third-order valence-corrected chi connectivity index (χ3v) is 3.17. The van der Waals surface area contributed by atoms with Gasteiger partial charge in [0.25, 0.3) is 5.91 Å². The van der Waals surface area contributed by atoms with Gasteiger partial charge in [0.05, 0.1) is 6.54 Å². The molecule has 5 heteroatoms. The van der Waals surface area contributed by atoms with E-state index in [2.05, 4.69) is 10.3 Å². The van der Waals surface area contributed by atoms with Crippen molar-refractivity contribution in [2.45, 2.75) is 13.5 Å². The van der Waals surface area contributed by atoms with Crippen LogP contribution in [0.15, 0.2) is 59.3 Å². The molecule has 21 heavy (non-hydrogen) atoms. The van der Waals surface area contributed by atoms with Crippen molar-refractivity contribution in [2.75, 3.05) is 5.32 Å². The Kier molecular flexibility index (Phi) is 3.55. The molecular weight excluding hydrogens is 266 g/mol. The topological polar surface area (TPSA) is 60.1 Å². The average molecular weight is 281 g/mol. The first kappa shape index (κ1) is 13.2. The van der Waals surface area contributed by atoms with Crippen LogP contribution in [0.1, 0.15) is 22.1 Å². The number of hydrogen-bond acceptors (Lipinski definition) is 3. The smallest absolute Gasteiger partial charge is 0.291 e. The standard InChI is InChI=1S/C16H15N3O2/c1-12-17-9-10-19(12)11-14-7-8-15(21-14)16(20)18-13-5-3-2-4-6-13/h2-10H,11H2,1H3,(H,18,20). The van der Waals surface area contributed by atoms with Gasteiger partial charge < -0.3 is 14.3 Å². The van der Waals surface area contributed by atoms with Gasteiger partial charge in [-0.1, -0.05) is 18.2 Å². The lowest BCUT2D eigenvalue weighted by Crippen LogP contribution is -2.10. The highest BCUT2D eigenvalue weighted by Gasteiger charge is 2.12. The molecule has 0 unspecified atom stereocenters. The summed E-state index contributed by atoms with van der Waals surface area (Å²) < 4.78 is 7.54. The molecule has 3 aromatic rings. The number of furan rings is 1. The van der Waals surface area contributed by atoms with Crippen LogP contribution in [0.25, 0.3) is 0 Å². The first-order chi connectivity index (χ1) is 10.2. The lowest BCUT2D eigenvalue weighted by atomic mass is 10.3. The molecule has 1 aromatic carbocycles. The van der Waals surface area contributed by atoms with Gasteiger partial charge in [0.15, 0.2) is 5.76 Å². The number of para-hydroxylation sites is 1. The van der Waals surface area contributed by atoms with Crippen LogP contribution in [0.4, 0.5) is 5.69 Å². The molecular formula is C16H15N3O2. The molecule has 106 valence electrons. The number of imidazole rings is 1. The number of anilines is 1. The summed E-state index contributed by atoms with van der Waals surface area (Å²) in [7, 11) is 0. The zero-order valence-corrected chi connectivity index (χ0v) is 11.6. The van der Waals surface area contributed by atoms with E-state index >= 15 is 0 Å². The Morgan fingerprint density at radius 1 is 1.24 bits per heavy atom. The largest absolute Gasteiger partial charge is 0.454 e. The zero-order valence-electron chi connectivity index (χ0n) is 11.6. The van der Waals surface area contributed by atoms with E-state index in [4.69, 9.17) is 4.42 Å². The molecule has 0 saturated carbocycles. The zero-order chi connectivity index (χ0) is 14.7. The van der Waals surface area contributed by atoms with E-state index < -0.39 is 0 Å². The Balaban J connectivity index is 1.70. The number of rotatable bonds is 4. The van der Waals surface area contributed by atoms with E-state index in [1.807, 2.05) is 48.0 Å². The van der Waals surface area contributed by atoms with Crippen molar-refractivity contribution in [1.29, 1.82) is 0 Å². The van der Waals surface area contributed by atoms with Crippen LogP contribution in [-0.4, -0.2) is 15.5 Å². The Hall–Kier alpha value is -2.82. The monoisotopic (exact) mass is 281 g/mol. The van der Waals surface area contributed by atoms with Crippen LogP contribution in [0.5, 0.6) is 0 Å². The van der Waals surface area contributed by atoms with E-state index in [9.17, 15) is 4.79 Å². The SMILES string of the molecule is Cc1nccn1Cc1ccc(C(=O)Nc2ccccc2)o1. The maximum atomic E-state index is 12.1. The normalized spacial score (nSPS) is 10.5. The molecule has 2 aromatic heterocycles. The van der Waals surface area contributed by atoms with Gasteiger partial charge in [-0.15, -0.1) is 0 Å². The summed E-state index contributed by atoms with van der Waals surface area (Å²) in [4.78, 5) is 16.2. The minimum atomic E-state index is -0.255. The molecule has 0 fully saturated rings. The van der Waals surface area contributed by atoms with Gasteiger partial charge in [-0.25, -0.2) is 4.98 Å². The number of aryl methyl sites for hydroxylation is 1. The van der Waals surface area contributed by atoms with E-state index in [1.165, 1.54) is 0 Å². The van der Waals surface area contributed by atoms with Crippen molar-refractivity contribution in [1.82, 2.24) is 9.55 Å². The maximum absolute atomic E-state index is 12.1. The number of nitrogens with one attached hydrogen (secondary N) is 1. The van der Waals surface area contributed by atoms with E-state index in [1.54, 1.807) is 18.3 Å². The fraction of sp³-hybridized carbons (Fsp3) is 0.125. The van der Waals surface area contributed by atoms with Crippen LogP contribution in [-0.2, 0) is 6.54 Å². The molecule has 0 aliphatic carbocycles. The highest BCUT2D eigenvalue weighted by molar-refractivity contribution is 6.02. The Morgan fingerprint density at radius 3 is 2.76 bits per heavy atom.